The Morgan fingerprint density at radius 1 is 1.21 bits per heavy atom. The molecule has 1 aliphatic carbocycles. The Kier molecular flexibility index (Phi) is 4.36. The maximum absolute atomic E-state index is 5.87. The number of rotatable bonds is 4. The third-order valence-electron chi connectivity index (χ3n) is 4.03. The van der Waals surface area contributed by atoms with Crippen LogP contribution in [0.3, 0.4) is 0 Å². The number of aryl methyl sites for hydroxylation is 2. The van der Waals surface area contributed by atoms with Gasteiger partial charge in [-0.1, -0.05) is 6.07 Å². The third kappa shape index (κ3) is 3.48. The molecule has 2 aliphatic rings. The zero-order valence-electron chi connectivity index (χ0n) is 11.5. The van der Waals surface area contributed by atoms with Crippen molar-refractivity contribution < 1.29 is 9.47 Å². The van der Waals surface area contributed by atoms with Crippen molar-refractivity contribution in [2.75, 3.05) is 26.3 Å². The number of benzene rings is 1. The van der Waals surface area contributed by atoms with Crippen molar-refractivity contribution in [3.05, 3.63) is 29.3 Å². The van der Waals surface area contributed by atoms with E-state index in [-0.39, 0.29) is 0 Å². The molecule has 1 atom stereocenters. The van der Waals surface area contributed by atoms with Crippen LogP contribution in [0.25, 0.3) is 0 Å². The number of nitrogens with one attached hydrogen (secondary N) is 1. The van der Waals surface area contributed by atoms with E-state index >= 15 is 0 Å². The molecule has 1 heterocycles. The molecule has 1 N–H and O–H groups in total. The van der Waals surface area contributed by atoms with E-state index in [1.165, 1.54) is 36.8 Å². The number of hydrogen-bond donors (Lipinski definition) is 1. The topological polar surface area (TPSA) is 30.5 Å². The first-order valence-corrected chi connectivity index (χ1v) is 7.49. The van der Waals surface area contributed by atoms with E-state index in [0.717, 1.165) is 38.5 Å². The van der Waals surface area contributed by atoms with Crippen LogP contribution in [-0.4, -0.2) is 32.4 Å². The Morgan fingerprint density at radius 3 is 2.95 bits per heavy atom. The maximum Gasteiger partial charge on any atom is 0.119 e. The Balaban J connectivity index is 1.49. The van der Waals surface area contributed by atoms with E-state index in [4.69, 9.17) is 9.47 Å². The lowest BCUT2D eigenvalue weighted by molar-refractivity contribution is 0.0159. The predicted molar refractivity (Wildman–Crippen MR) is 75.8 cm³/mol. The SMILES string of the molecule is c1cc2c(cc1OCCC1CNCCO1)CCCC2. The van der Waals surface area contributed by atoms with Crippen LogP contribution >= 0.6 is 0 Å². The summed E-state index contributed by atoms with van der Waals surface area (Å²) in [5.41, 5.74) is 3.00. The van der Waals surface area contributed by atoms with E-state index < -0.39 is 0 Å². The summed E-state index contributed by atoms with van der Waals surface area (Å²) in [6.07, 6.45) is 6.37. The molecule has 0 aromatic heterocycles. The molecule has 0 saturated carbocycles. The van der Waals surface area contributed by atoms with Crippen LogP contribution in [0.1, 0.15) is 30.4 Å². The summed E-state index contributed by atoms with van der Waals surface area (Å²) in [4.78, 5) is 0. The van der Waals surface area contributed by atoms with Gasteiger partial charge in [-0.2, -0.15) is 0 Å². The van der Waals surface area contributed by atoms with Crippen molar-refractivity contribution in [1.29, 1.82) is 0 Å². The van der Waals surface area contributed by atoms with E-state index in [0.29, 0.717) is 6.10 Å². The second-order valence-electron chi connectivity index (χ2n) is 5.47. The standard InChI is InChI=1S/C16H23NO2/c1-2-4-14-11-15(6-5-13(14)3-1)18-9-7-16-12-17-8-10-19-16/h5-6,11,16-17H,1-4,7-10,12H2. The predicted octanol–water partition coefficient (Wildman–Crippen LogP) is 2.32. The zero-order valence-corrected chi connectivity index (χ0v) is 11.5. The Labute approximate surface area is 115 Å². The monoisotopic (exact) mass is 261 g/mol. The van der Waals surface area contributed by atoms with Crippen LogP contribution in [0.4, 0.5) is 0 Å². The smallest absolute Gasteiger partial charge is 0.119 e. The normalized spacial score (nSPS) is 22.8. The first kappa shape index (κ1) is 12.9. The molecule has 0 amide bonds. The number of fused-ring (bicyclic) bond motifs is 1. The summed E-state index contributed by atoms with van der Waals surface area (Å²) < 4.78 is 11.5. The fourth-order valence-corrected chi connectivity index (χ4v) is 2.91. The molecule has 3 nitrogen and oxygen atoms in total. The minimum atomic E-state index is 0.311. The van der Waals surface area contributed by atoms with Gasteiger partial charge in [0.2, 0.25) is 0 Å². The van der Waals surface area contributed by atoms with Gasteiger partial charge in [0, 0.05) is 19.5 Å². The van der Waals surface area contributed by atoms with Crippen LogP contribution in [0.2, 0.25) is 0 Å². The molecule has 0 radical (unpaired) electrons. The first-order valence-electron chi connectivity index (χ1n) is 7.49. The van der Waals surface area contributed by atoms with Crippen molar-refractivity contribution in [1.82, 2.24) is 5.32 Å². The molecule has 3 rings (SSSR count). The molecule has 1 saturated heterocycles. The van der Waals surface area contributed by atoms with Crippen LogP contribution in [0, 0.1) is 0 Å². The molecule has 19 heavy (non-hydrogen) atoms. The van der Waals surface area contributed by atoms with E-state index in [2.05, 4.69) is 23.5 Å². The highest BCUT2D eigenvalue weighted by atomic mass is 16.5. The molecule has 3 heteroatoms. The number of hydrogen-bond acceptors (Lipinski definition) is 3. The number of morpholine rings is 1. The van der Waals surface area contributed by atoms with E-state index in [1.807, 2.05) is 0 Å². The highest BCUT2D eigenvalue weighted by Crippen LogP contribution is 2.25. The second kappa shape index (κ2) is 6.40. The quantitative estimate of drug-likeness (QED) is 0.902. The van der Waals surface area contributed by atoms with Crippen molar-refractivity contribution in [3.63, 3.8) is 0 Å². The molecule has 1 fully saturated rings. The summed E-state index contributed by atoms with van der Waals surface area (Å²) in [5, 5.41) is 3.34. The minimum Gasteiger partial charge on any atom is -0.493 e. The van der Waals surface area contributed by atoms with Gasteiger partial charge in [0.15, 0.2) is 0 Å². The lowest BCUT2D eigenvalue weighted by atomic mass is 9.92. The van der Waals surface area contributed by atoms with Gasteiger partial charge in [0.25, 0.3) is 0 Å². The lowest BCUT2D eigenvalue weighted by Crippen LogP contribution is -2.39. The van der Waals surface area contributed by atoms with Gasteiger partial charge in [-0.25, -0.2) is 0 Å². The Bertz CT molecular complexity index is 413. The van der Waals surface area contributed by atoms with Gasteiger partial charge in [0.1, 0.15) is 5.75 Å². The fraction of sp³-hybridized carbons (Fsp3) is 0.625. The largest absolute Gasteiger partial charge is 0.493 e. The lowest BCUT2D eigenvalue weighted by Gasteiger charge is -2.23. The molecule has 1 aromatic rings. The highest BCUT2D eigenvalue weighted by Gasteiger charge is 2.13. The van der Waals surface area contributed by atoms with Gasteiger partial charge in [-0.05, 0) is 48.9 Å². The Morgan fingerprint density at radius 2 is 2.11 bits per heavy atom. The molecule has 1 unspecified atom stereocenters. The fourth-order valence-electron chi connectivity index (χ4n) is 2.91. The number of ether oxygens (including phenoxy) is 2. The second-order valence-corrected chi connectivity index (χ2v) is 5.47. The van der Waals surface area contributed by atoms with Crippen LogP contribution in [0.15, 0.2) is 18.2 Å². The average molecular weight is 261 g/mol. The van der Waals surface area contributed by atoms with E-state index in [9.17, 15) is 0 Å². The summed E-state index contributed by atoms with van der Waals surface area (Å²) in [5.74, 6) is 1.02. The summed E-state index contributed by atoms with van der Waals surface area (Å²) in [6, 6.07) is 6.58. The van der Waals surface area contributed by atoms with Crippen molar-refractivity contribution in [3.8, 4) is 5.75 Å². The zero-order chi connectivity index (χ0) is 12.9. The summed E-state index contributed by atoms with van der Waals surface area (Å²) in [7, 11) is 0. The van der Waals surface area contributed by atoms with Gasteiger partial charge in [0.05, 0.1) is 19.3 Å². The molecule has 1 aromatic carbocycles. The van der Waals surface area contributed by atoms with Crippen LogP contribution in [-0.2, 0) is 17.6 Å². The van der Waals surface area contributed by atoms with Crippen molar-refractivity contribution in [2.45, 2.75) is 38.2 Å². The molecule has 104 valence electrons. The third-order valence-corrected chi connectivity index (χ3v) is 4.03. The Hall–Kier alpha value is -1.06. The minimum absolute atomic E-state index is 0.311. The van der Waals surface area contributed by atoms with Gasteiger partial charge in [-0.3, -0.25) is 0 Å². The van der Waals surface area contributed by atoms with Gasteiger partial charge < -0.3 is 14.8 Å². The molecular weight excluding hydrogens is 238 g/mol. The molecular formula is C16H23NO2. The summed E-state index contributed by atoms with van der Waals surface area (Å²) in [6.45, 7) is 3.49. The van der Waals surface area contributed by atoms with Crippen LogP contribution in [0.5, 0.6) is 5.75 Å². The average Bonchev–Trinajstić information content (AvgIpc) is 2.48. The van der Waals surface area contributed by atoms with Crippen molar-refractivity contribution >= 4 is 0 Å². The maximum atomic E-state index is 5.87. The molecule has 0 spiro atoms. The van der Waals surface area contributed by atoms with Crippen LogP contribution < -0.4 is 10.1 Å². The highest BCUT2D eigenvalue weighted by molar-refractivity contribution is 5.37. The molecule has 1 aliphatic heterocycles. The van der Waals surface area contributed by atoms with E-state index in [1.54, 1.807) is 0 Å². The van der Waals surface area contributed by atoms with Gasteiger partial charge >= 0.3 is 0 Å². The first-order chi connectivity index (χ1) is 9.42. The van der Waals surface area contributed by atoms with Gasteiger partial charge in [-0.15, -0.1) is 0 Å². The molecule has 0 bridgehead atoms. The summed E-state index contributed by atoms with van der Waals surface area (Å²) >= 11 is 0. The van der Waals surface area contributed by atoms with Crippen molar-refractivity contribution in [2.24, 2.45) is 0 Å².